The van der Waals surface area contributed by atoms with E-state index in [1.165, 1.54) is 0 Å². The zero-order valence-electron chi connectivity index (χ0n) is 10.5. The smallest absolute Gasteiger partial charge is 0.191 e. The lowest BCUT2D eigenvalue weighted by molar-refractivity contribution is 0.109. The first-order valence-corrected chi connectivity index (χ1v) is 6.06. The fourth-order valence-electron chi connectivity index (χ4n) is 1.66. The van der Waals surface area contributed by atoms with E-state index < -0.39 is 11.6 Å². The van der Waals surface area contributed by atoms with E-state index in [0.29, 0.717) is 0 Å². The molecule has 1 N–H and O–H groups in total. The molecule has 0 atom stereocenters. The van der Waals surface area contributed by atoms with Gasteiger partial charge in [-0.25, -0.2) is 8.78 Å². The summed E-state index contributed by atoms with van der Waals surface area (Å²) in [5, 5.41) is 19.6. The molecule has 1 saturated carbocycles. The molecule has 20 heavy (non-hydrogen) atoms. The van der Waals surface area contributed by atoms with Gasteiger partial charge in [0.1, 0.15) is 17.7 Å². The van der Waals surface area contributed by atoms with Crippen LogP contribution in [0.25, 0.3) is 0 Å². The molecule has 0 heterocycles. The van der Waals surface area contributed by atoms with Crippen molar-refractivity contribution in [3.8, 4) is 17.9 Å². The molecule has 102 valence electrons. The van der Waals surface area contributed by atoms with Gasteiger partial charge >= 0.3 is 0 Å². The largest absolute Gasteiger partial charge is 0.484 e. The number of ether oxygens (including phenoxy) is 1. The number of rotatable bonds is 4. The first-order chi connectivity index (χ1) is 9.63. The van der Waals surface area contributed by atoms with Gasteiger partial charge in [-0.15, -0.1) is 0 Å². The van der Waals surface area contributed by atoms with E-state index in [-0.39, 0.29) is 23.1 Å². The fraction of sp³-hybridized carbons (Fsp3) is 0.286. The third kappa shape index (κ3) is 3.04. The summed E-state index contributed by atoms with van der Waals surface area (Å²) in [5.74, 6) is -2.02. The van der Waals surface area contributed by atoms with Crippen molar-refractivity contribution < 1.29 is 13.5 Å². The van der Waals surface area contributed by atoms with Crippen LogP contribution in [0.4, 0.5) is 14.5 Å². The molecule has 1 fully saturated rings. The molecular formula is C14H11F2N3O. The van der Waals surface area contributed by atoms with Crippen molar-refractivity contribution in [2.45, 2.75) is 25.4 Å². The molecule has 0 spiro atoms. The number of nitriles is 2. The Balaban J connectivity index is 2.15. The summed E-state index contributed by atoms with van der Waals surface area (Å²) < 4.78 is 32.8. The number of anilines is 1. The minimum Gasteiger partial charge on any atom is -0.484 e. The average Bonchev–Trinajstić information content (AvgIpc) is 2.37. The SMILES string of the molecule is N#CC(C#N)=CNc1cc(F)c(OC2CCC2)c(F)c1. The van der Waals surface area contributed by atoms with Crippen molar-refractivity contribution >= 4 is 5.69 Å². The van der Waals surface area contributed by atoms with Gasteiger partial charge in [-0.2, -0.15) is 10.5 Å². The van der Waals surface area contributed by atoms with Gasteiger partial charge in [-0.05, 0) is 19.3 Å². The summed E-state index contributed by atoms with van der Waals surface area (Å²) >= 11 is 0. The normalized spacial score (nSPS) is 13.6. The highest BCUT2D eigenvalue weighted by Crippen LogP contribution is 2.31. The average molecular weight is 275 g/mol. The molecule has 2 rings (SSSR count). The number of benzene rings is 1. The summed E-state index contributed by atoms with van der Waals surface area (Å²) in [5.41, 5.74) is -0.0930. The van der Waals surface area contributed by atoms with Gasteiger partial charge in [0.25, 0.3) is 0 Å². The third-order valence-electron chi connectivity index (χ3n) is 2.96. The Labute approximate surface area is 114 Å². The van der Waals surface area contributed by atoms with E-state index in [9.17, 15) is 8.78 Å². The van der Waals surface area contributed by atoms with Crippen molar-refractivity contribution in [3.63, 3.8) is 0 Å². The molecule has 1 aliphatic carbocycles. The molecule has 0 unspecified atom stereocenters. The number of nitrogens with one attached hydrogen (secondary N) is 1. The topological polar surface area (TPSA) is 68.8 Å². The minimum absolute atomic E-state index is 0.101. The molecule has 0 aliphatic heterocycles. The van der Waals surface area contributed by atoms with E-state index in [4.69, 9.17) is 15.3 Å². The maximum Gasteiger partial charge on any atom is 0.191 e. The fourth-order valence-corrected chi connectivity index (χ4v) is 1.66. The van der Waals surface area contributed by atoms with Crippen LogP contribution in [-0.4, -0.2) is 6.10 Å². The van der Waals surface area contributed by atoms with Crippen LogP contribution in [0, 0.1) is 34.3 Å². The molecule has 0 saturated heterocycles. The predicted molar refractivity (Wildman–Crippen MR) is 67.6 cm³/mol. The lowest BCUT2D eigenvalue weighted by atomic mass is 9.96. The van der Waals surface area contributed by atoms with E-state index in [1.54, 1.807) is 12.1 Å². The minimum atomic E-state index is -0.816. The Morgan fingerprint density at radius 3 is 2.30 bits per heavy atom. The Kier molecular flexibility index (Phi) is 4.17. The predicted octanol–water partition coefficient (Wildman–Crippen LogP) is 3.24. The van der Waals surface area contributed by atoms with Crippen molar-refractivity contribution in [1.82, 2.24) is 0 Å². The highest BCUT2D eigenvalue weighted by atomic mass is 19.1. The number of hydrogen-bond donors (Lipinski definition) is 1. The molecule has 1 aromatic carbocycles. The van der Waals surface area contributed by atoms with Gasteiger partial charge in [0.15, 0.2) is 17.4 Å². The Hall–Kier alpha value is -2.60. The van der Waals surface area contributed by atoms with Crippen LogP contribution < -0.4 is 10.1 Å². The van der Waals surface area contributed by atoms with Crippen LogP contribution in [0.1, 0.15) is 19.3 Å². The van der Waals surface area contributed by atoms with Crippen LogP contribution in [0.5, 0.6) is 5.75 Å². The summed E-state index contributed by atoms with van der Waals surface area (Å²) in [4.78, 5) is 0. The number of hydrogen-bond acceptors (Lipinski definition) is 4. The van der Waals surface area contributed by atoms with Crippen molar-refractivity contribution in [1.29, 1.82) is 10.5 Å². The van der Waals surface area contributed by atoms with Crippen molar-refractivity contribution in [2.24, 2.45) is 0 Å². The zero-order chi connectivity index (χ0) is 14.5. The molecule has 1 aromatic rings. The second-order valence-electron chi connectivity index (χ2n) is 4.37. The first-order valence-electron chi connectivity index (χ1n) is 6.06. The standard InChI is InChI=1S/C14H11F2N3O/c15-12-4-10(19-8-9(6-17)7-18)5-13(16)14(12)20-11-2-1-3-11/h4-5,8,11,19H,1-3H2. The molecule has 6 heteroatoms. The second kappa shape index (κ2) is 6.03. The van der Waals surface area contributed by atoms with Gasteiger partial charge in [0.05, 0.1) is 6.10 Å². The number of allylic oxidation sites excluding steroid dienone is 1. The highest BCUT2D eigenvalue weighted by Gasteiger charge is 2.23. The quantitative estimate of drug-likeness (QED) is 0.856. The molecule has 0 radical (unpaired) electrons. The van der Waals surface area contributed by atoms with Crippen molar-refractivity contribution in [2.75, 3.05) is 5.32 Å². The monoisotopic (exact) mass is 275 g/mol. The Morgan fingerprint density at radius 1 is 1.25 bits per heavy atom. The van der Waals surface area contributed by atoms with Crippen LogP contribution in [0.3, 0.4) is 0 Å². The molecular weight excluding hydrogens is 264 g/mol. The maximum atomic E-state index is 13.8. The van der Waals surface area contributed by atoms with E-state index in [1.807, 2.05) is 0 Å². The van der Waals surface area contributed by atoms with Gasteiger partial charge in [-0.1, -0.05) is 0 Å². The third-order valence-corrected chi connectivity index (χ3v) is 2.96. The summed E-state index contributed by atoms with van der Waals surface area (Å²) in [7, 11) is 0. The summed E-state index contributed by atoms with van der Waals surface area (Å²) in [6, 6.07) is 5.37. The number of nitrogens with zero attached hydrogens (tertiary/aromatic N) is 2. The van der Waals surface area contributed by atoms with Crippen LogP contribution in [-0.2, 0) is 0 Å². The van der Waals surface area contributed by atoms with Gasteiger partial charge in [-0.3, -0.25) is 0 Å². The lowest BCUT2D eigenvalue weighted by Crippen LogP contribution is -2.25. The Morgan fingerprint density at radius 2 is 1.85 bits per heavy atom. The molecule has 0 aromatic heterocycles. The van der Waals surface area contributed by atoms with E-state index in [2.05, 4.69) is 5.32 Å². The number of halogens is 2. The molecule has 0 amide bonds. The molecule has 0 bridgehead atoms. The van der Waals surface area contributed by atoms with Crippen LogP contribution in [0.15, 0.2) is 23.9 Å². The molecule has 1 aliphatic rings. The summed E-state index contributed by atoms with van der Waals surface area (Å²) in [6.45, 7) is 0. The Bertz CT molecular complexity index is 585. The van der Waals surface area contributed by atoms with Crippen molar-refractivity contribution in [3.05, 3.63) is 35.5 Å². The highest BCUT2D eigenvalue weighted by molar-refractivity contribution is 5.52. The molecule has 4 nitrogen and oxygen atoms in total. The van der Waals surface area contributed by atoms with Crippen LogP contribution >= 0.6 is 0 Å². The first kappa shape index (κ1) is 13.8. The van der Waals surface area contributed by atoms with Gasteiger partial charge in [0.2, 0.25) is 0 Å². The maximum absolute atomic E-state index is 13.8. The van der Waals surface area contributed by atoms with E-state index >= 15 is 0 Å². The summed E-state index contributed by atoms with van der Waals surface area (Å²) in [6.07, 6.45) is 3.57. The lowest BCUT2D eigenvalue weighted by Gasteiger charge is -2.26. The second-order valence-corrected chi connectivity index (χ2v) is 4.37. The van der Waals surface area contributed by atoms with E-state index in [0.717, 1.165) is 37.6 Å². The van der Waals surface area contributed by atoms with Crippen LogP contribution in [0.2, 0.25) is 0 Å². The zero-order valence-corrected chi connectivity index (χ0v) is 10.5. The van der Waals surface area contributed by atoms with Gasteiger partial charge in [0, 0.05) is 24.0 Å². The van der Waals surface area contributed by atoms with Gasteiger partial charge < -0.3 is 10.1 Å².